The Morgan fingerprint density at radius 2 is 1.91 bits per heavy atom. The van der Waals surface area contributed by atoms with Gasteiger partial charge in [0.25, 0.3) is 0 Å². The highest BCUT2D eigenvalue weighted by molar-refractivity contribution is 6.00. The average Bonchev–Trinajstić information content (AvgIpc) is 3.12. The summed E-state index contributed by atoms with van der Waals surface area (Å²) in [5, 5.41) is 0. The highest BCUT2D eigenvalue weighted by Gasteiger charge is 2.39. The van der Waals surface area contributed by atoms with E-state index in [4.69, 9.17) is 5.73 Å². The van der Waals surface area contributed by atoms with E-state index in [1.54, 1.807) is 4.90 Å². The fraction of sp³-hybridized carbons (Fsp3) is 0.500. The van der Waals surface area contributed by atoms with E-state index in [2.05, 4.69) is 0 Å². The maximum absolute atomic E-state index is 13.3. The van der Waals surface area contributed by atoms with E-state index in [1.807, 2.05) is 0 Å². The van der Waals surface area contributed by atoms with Gasteiger partial charge in [-0.1, -0.05) is 0 Å². The fourth-order valence-electron chi connectivity index (χ4n) is 3.30. The molecule has 0 aromatic heterocycles. The van der Waals surface area contributed by atoms with Gasteiger partial charge in [-0.15, -0.1) is 0 Å². The smallest absolute Gasteiger partial charge is 0.228 e. The van der Waals surface area contributed by atoms with E-state index in [1.165, 1.54) is 4.90 Å². The molecule has 2 aliphatic heterocycles. The van der Waals surface area contributed by atoms with Crippen LogP contribution < -0.4 is 10.6 Å². The number of anilines is 1. The van der Waals surface area contributed by atoms with Crippen molar-refractivity contribution < 1.29 is 18.4 Å². The van der Waals surface area contributed by atoms with E-state index < -0.39 is 17.6 Å². The summed E-state index contributed by atoms with van der Waals surface area (Å²) < 4.78 is 26.7. The van der Waals surface area contributed by atoms with Gasteiger partial charge in [0, 0.05) is 37.8 Å². The van der Waals surface area contributed by atoms with Crippen molar-refractivity contribution in [2.24, 2.45) is 17.6 Å². The number of hydrogen-bond acceptors (Lipinski definition) is 3. The Bertz CT molecular complexity index is 618. The van der Waals surface area contributed by atoms with E-state index in [-0.39, 0.29) is 30.5 Å². The number of likely N-dealkylation sites (tertiary alicyclic amines) is 1. The zero-order valence-electron chi connectivity index (χ0n) is 12.7. The number of halogens is 2. The Morgan fingerprint density at radius 1 is 1.22 bits per heavy atom. The van der Waals surface area contributed by atoms with Crippen LogP contribution in [0, 0.1) is 23.5 Å². The van der Waals surface area contributed by atoms with Crippen molar-refractivity contribution in [3.63, 3.8) is 0 Å². The third-order valence-electron chi connectivity index (χ3n) is 4.56. The Morgan fingerprint density at radius 3 is 2.52 bits per heavy atom. The summed E-state index contributed by atoms with van der Waals surface area (Å²) in [6.45, 7) is 1.97. The molecule has 0 unspecified atom stereocenters. The molecule has 23 heavy (non-hydrogen) atoms. The van der Waals surface area contributed by atoms with Crippen LogP contribution in [0.1, 0.15) is 12.8 Å². The maximum Gasteiger partial charge on any atom is 0.228 e. The summed E-state index contributed by atoms with van der Waals surface area (Å²) in [6.07, 6.45) is 0.947. The molecule has 3 rings (SSSR count). The molecule has 124 valence electrons. The number of nitrogens with two attached hydrogens (primary N) is 1. The van der Waals surface area contributed by atoms with Gasteiger partial charge in [0.15, 0.2) is 0 Å². The van der Waals surface area contributed by atoms with Crippen LogP contribution in [-0.2, 0) is 9.59 Å². The van der Waals surface area contributed by atoms with Crippen molar-refractivity contribution in [3.05, 3.63) is 29.8 Å². The van der Waals surface area contributed by atoms with Crippen LogP contribution >= 0.6 is 0 Å². The second-order valence-corrected chi connectivity index (χ2v) is 6.21. The Hall–Kier alpha value is -2.02. The average molecular weight is 323 g/mol. The van der Waals surface area contributed by atoms with Crippen LogP contribution in [0.25, 0.3) is 0 Å². The minimum absolute atomic E-state index is 0.0702. The molecule has 0 aliphatic carbocycles. The predicted molar refractivity (Wildman–Crippen MR) is 80.6 cm³/mol. The second kappa shape index (κ2) is 6.23. The van der Waals surface area contributed by atoms with Crippen molar-refractivity contribution in [2.75, 3.05) is 31.1 Å². The monoisotopic (exact) mass is 323 g/mol. The minimum atomic E-state index is -0.743. The van der Waals surface area contributed by atoms with Gasteiger partial charge in [0.2, 0.25) is 11.8 Å². The van der Waals surface area contributed by atoms with Gasteiger partial charge in [0.1, 0.15) is 11.6 Å². The first-order valence-corrected chi connectivity index (χ1v) is 7.73. The normalized spacial score (nSPS) is 24.6. The first kappa shape index (κ1) is 15.9. The van der Waals surface area contributed by atoms with Crippen LogP contribution in [0.2, 0.25) is 0 Å². The molecule has 1 aromatic carbocycles. The minimum Gasteiger partial charge on any atom is -0.342 e. The van der Waals surface area contributed by atoms with Crippen molar-refractivity contribution >= 4 is 17.5 Å². The lowest BCUT2D eigenvalue weighted by atomic mass is 10.1. The first-order valence-electron chi connectivity index (χ1n) is 7.73. The molecule has 2 fully saturated rings. The van der Waals surface area contributed by atoms with Gasteiger partial charge in [-0.05, 0) is 31.0 Å². The lowest BCUT2D eigenvalue weighted by Crippen LogP contribution is -2.36. The second-order valence-electron chi connectivity index (χ2n) is 6.21. The highest BCUT2D eigenvalue weighted by Crippen LogP contribution is 2.29. The van der Waals surface area contributed by atoms with Gasteiger partial charge in [-0.3, -0.25) is 9.59 Å². The summed E-state index contributed by atoms with van der Waals surface area (Å²) in [4.78, 5) is 27.7. The number of amides is 2. The molecule has 0 bridgehead atoms. The van der Waals surface area contributed by atoms with Crippen LogP contribution in [-0.4, -0.2) is 42.9 Å². The van der Waals surface area contributed by atoms with E-state index in [0.717, 1.165) is 24.6 Å². The van der Waals surface area contributed by atoms with Crippen molar-refractivity contribution in [1.29, 1.82) is 0 Å². The van der Waals surface area contributed by atoms with Crippen molar-refractivity contribution in [1.82, 2.24) is 4.90 Å². The van der Waals surface area contributed by atoms with Gasteiger partial charge in [-0.25, -0.2) is 8.78 Å². The number of benzene rings is 1. The molecular weight excluding hydrogens is 304 g/mol. The Labute approximate surface area is 133 Å². The third kappa shape index (κ3) is 3.19. The summed E-state index contributed by atoms with van der Waals surface area (Å²) in [6, 6.07) is 2.96. The third-order valence-corrected chi connectivity index (χ3v) is 4.56. The van der Waals surface area contributed by atoms with Crippen LogP contribution in [0.5, 0.6) is 0 Å². The zero-order chi connectivity index (χ0) is 16.6. The lowest BCUT2D eigenvalue weighted by molar-refractivity contribution is -0.134. The Kier molecular flexibility index (Phi) is 4.30. The fourth-order valence-corrected chi connectivity index (χ4v) is 3.30. The topological polar surface area (TPSA) is 66.6 Å². The van der Waals surface area contributed by atoms with Gasteiger partial charge >= 0.3 is 0 Å². The van der Waals surface area contributed by atoms with Crippen molar-refractivity contribution in [2.45, 2.75) is 12.8 Å². The van der Waals surface area contributed by atoms with Crippen LogP contribution in [0.3, 0.4) is 0 Å². The van der Waals surface area contributed by atoms with Gasteiger partial charge in [-0.2, -0.15) is 0 Å². The van der Waals surface area contributed by atoms with Crippen LogP contribution in [0.4, 0.5) is 14.5 Å². The molecule has 2 amide bonds. The summed E-state index contributed by atoms with van der Waals surface area (Å²) in [5.41, 5.74) is 5.78. The molecule has 7 heteroatoms. The summed E-state index contributed by atoms with van der Waals surface area (Å²) in [5.74, 6) is -2.01. The highest BCUT2D eigenvalue weighted by atomic mass is 19.1. The lowest BCUT2D eigenvalue weighted by Gasteiger charge is -2.21. The molecule has 2 saturated heterocycles. The predicted octanol–water partition coefficient (Wildman–Crippen LogP) is 1.12. The SMILES string of the molecule is NC[C@@H]1CCN(C(=O)[C@@H]2CC(=O)N(c3cc(F)cc(F)c3)C2)C1. The van der Waals surface area contributed by atoms with Crippen LogP contribution in [0.15, 0.2) is 18.2 Å². The molecule has 2 heterocycles. The zero-order valence-corrected chi connectivity index (χ0v) is 12.7. The molecule has 5 nitrogen and oxygen atoms in total. The standard InChI is InChI=1S/C16H19F2N3O2/c17-12-4-13(18)6-14(5-12)21-9-11(3-15(21)22)16(23)20-2-1-10(7-19)8-20/h4-6,10-11H,1-3,7-9,19H2/t10-,11+/m0/s1. The largest absolute Gasteiger partial charge is 0.342 e. The van der Waals surface area contributed by atoms with Gasteiger partial charge < -0.3 is 15.5 Å². The molecule has 1 aromatic rings. The summed E-state index contributed by atoms with van der Waals surface area (Å²) >= 11 is 0. The van der Waals surface area contributed by atoms with E-state index >= 15 is 0 Å². The molecule has 2 aliphatic rings. The maximum atomic E-state index is 13.3. The molecule has 0 radical (unpaired) electrons. The number of hydrogen-bond donors (Lipinski definition) is 1. The number of rotatable bonds is 3. The number of carbonyl (C=O) groups is 2. The molecule has 2 N–H and O–H groups in total. The molecular formula is C16H19F2N3O2. The number of nitrogens with zero attached hydrogens (tertiary/aromatic N) is 2. The molecule has 2 atom stereocenters. The van der Waals surface area contributed by atoms with Crippen molar-refractivity contribution in [3.8, 4) is 0 Å². The van der Waals surface area contributed by atoms with Gasteiger partial charge in [0.05, 0.1) is 5.92 Å². The first-order chi connectivity index (χ1) is 11.0. The molecule has 0 saturated carbocycles. The summed E-state index contributed by atoms with van der Waals surface area (Å²) in [7, 11) is 0. The van der Waals surface area contributed by atoms with E-state index in [9.17, 15) is 18.4 Å². The Balaban J connectivity index is 1.71. The quantitative estimate of drug-likeness (QED) is 0.907. The number of carbonyl (C=O) groups excluding carboxylic acids is 2. The van der Waals surface area contributed by atoms with E-state index in [0.29, 0.717) is 25.6 Å². The molecule has 0 spiro atoms.